The van der Waals surface area contributed by atoms with Gasteiger partial charge in [-0.3, -0.25) is 4.40 Å². The molecular formula is C31H36N8O3. The summed E-state index contributed by atoms with van der Waals surface area (Å²) in [6, 6.07) is 5.66. The Bertz CT molecular complexity index is 1750. The highest BCUT2D eigenvalue weighted by Gasteiger charge is 2.24. The van der Waals surface area contributed by atoms with Crippen LogP contribution in [0, 0.1) is 13.8 Å². The molecular weight excluding hydrogens is 532 g/mol. The molecule has 4 aromatic heterocycles. The number of hydrogen-bond donors (Lipinski definition) is 2. The molecule has 1 aromatic carbocycles. The summed E-state index contributed by atoms with van der Waals surface area (Å²) in [6.07, 6.45) is 9.98. The maximum absolute atomic E-state index is 12.5. The molecule has 1 fully saturated rings. The van der Waals surface area contributed by atoms with E-state index >= 15 is 0 Å². The van der Waals surface area contributed by atoms with Crippen LogP contribution in [0.3, 0.4) is 0 Å². The Kier molecular flexibility index (Phi) is 8.46. The van der Waals surface area contributed by atoms with Gasteiger partial charge in [-0.05, 0) is 79.3 Å². The Balaban J connectivity index is 0.00000173. The lowest BCUT2D eigenvalue weighted by Crippen LogP contribution is -2.14. The summed E-state index contributed by atoms with van der Waals surface area (Å²) in [6.45, 7) is 10.7. The second kappa shape index (κ2) is 12.4. The minimum atomic E-state index is -0.624. The van der Waals surface area contributed by atoms with Crippen LogP contribution >= 0.6 is 0 Å². The molecule has 0 amide bonds. The third kappa shape index (κ3) is 6.09. The van der Waals surface area contributed by atoms with Crippen molar-refractivity contribution in [2.45, 2.75) is 66.5 Å². The van der Waals surface area contributed by atoms with Gasteiger partial charge in [0.25, 0.3) is 0 Å². The number of imidazole rings is 1. The Hall–Kier alpha value is -4.80. The van der Waals surface area contributed by atoms with Gasteiger partial charge in [0.05, 0.1) is 12.3 Å². The molecule has 4 heterocycles. The average molecular weight is 569 g/mol. The number of anilines is 2. The van der Waals surface area contributed by atoms with Crippen molar-refractivity contribution in [3.63, 3.8) is 0 Å². The highest BCUT2D eigenvalue weighted by molar-refractivity contribution is 5.94. The summed E-state index contributed by atoms with van der Waals surface area (Å²) >= 11 is 0. The fourth-order valence-electron chi connectivity index (χ4n) is 4.85. The van der Waals surface area contributed by atoms with E-state index in [4.69, 9.17) is 15.2 Å². The number of carbonyl (C=O) groups is 1. The first-order valence-electron chi connectivity index (χ1n) is 14.3. The van der Waals surface area contributed by atoms with E-state index in [1.807, 2.05) is 49.7 Å². The number of ether oxygens (including phenoxy) is 2. The second-order valence-corrected chi connectivity index (χ2v) is 9.97. The summed E-state index contributed by atoms with van der Waals surface area (Å²) in [7, 11) is 0. The van der Waals surface area contributed by atoms with Gasteiger partial charge in [0.15, 0.2) is 0 Å². The number of nitrogens with zero attached hydrogens (tertiary/aromatic N) is 6. The third-order valence-electron chi connectivity index (χ3n) is 7.12. The number of aryl methyl sites for hydroxylation is 2. The molecule has 11 nitrogen and oxygen atoms in total. The topological polar surface area (TPSA) is 142 Å². The van der Waals surface area contributed by atoms with E-state index in [1.54, 1.807) is 19.2 Å². The smallest absolute Gasteiger partial charge is 0.376 e. The number of carbonyl (C=O) groups excluding carboxylic acids is 1. The Morgan fingerprint density at radius 3 is 2.67 bits per heavy atom. The quantitative estimate of drug-likeness (QED) is 0.218. The number of benzene rings is 1. The van der Waals surface area contributed by atoms with Gasteiger partial charge in [0.2, 0.25) is 17.5 Å². The van der Waals surface area contributed by atoms with E-state index < -0.39 is 5.97 Å². The van der Waals surface area contributed by atoms with Crippen LogP contribution in [0.1, 0.15) is 78.1 Å². The van der Waals surface area contributed by atoms with Crippen LogP contribution in [0.2, 0.25) is 0 Å². The molecule has 0 unspecified atom stereocenters. The number of nitrogens with two attached hydrogens (primary N) is 1. The molecule has 1 saturated carbocycles. The molecule has 0 atom stereocenters. The van der Waals surface area contributed by atoms with Crippen molar-refractivity contribution in [3.8, 4) is 5.88 Å². The second-order valence-electron chi connectivity index (χ2n) is 9.97. The van der Waals surface area contributed by atoms with Crippen molar-refractivity contribution in [2.75, 3.05) is 17.7 Å². The van der Waals surface area contributed by atoms with Gasteiger partial charge in [0, 0.05) is 42.8 Å². The normalized spacial score (nSPS) is 12.6. The molecule has 5 aromatic rings. The van der Waals surface area contributed by atoms with Crippen LogP contribution in [0.25, 0.3) is 16.6 Å². The molecule has 0 spiro atoms. The first kappa shape index (κ1) is 28.7. The molecule has 0 saturated heterocycles. The van der Waals surface area contributed by atoms with E-state index in [0.717, 1.165) is 27.5 Å². The number of hydrogen-bond acceptors (Lipinski definition) is 10. The van der Waals surface area contributed by atoms with Crippen LogP contribution in [0.4, 0.5) is 11.6 Å². The maximum Gasteiger partial charge on any atom is 0.376 e. The van der Waals surface area contributed by atoms with Gasteiger partial charge in [-0.1, -0.05) is 13.8 Å². The van der Waals surface area contributed by atoms with Gasteiger partial charge in [-0.2, -0.15) is 4.98 Å². The fourth-order valence-corrected chi connectivity index (χ4v) is 4.85. The van der Waals surface area contributed by atoms with Crippen molar-refractivity contribution in [1.82, 2.24) is 29.3 Å². The first-order valence-corrected chi connectivity index (χ1v) is 14.3. The van der Waals surface area contributed by atoms with E-state index in [1.165, 1.54) is 18.4 Å². The molecule has 1 aliphatic carbocycles. The number of fused-ring (bicyclic) bond motifs is 2. The minimum absolute atomic E-state index is 0.0848. The Morgan fingerprint density at radius 1 is 1.10 bits per heavy atom. The predicted octanol–water partition coefficient (Wildman–Crippen LogP) is 5.54. The molecule has 0 aliphatic heterocycles. The largest absolute Gasteiger partial charge is 0.471 e. The zero-order valence-corrected chi connectivity index (χ0v) is 24.6. The fraction of sp³-hybridized carbons (Fsp3) is 0.355. The first-order chi connectivity index (χ1) is 20.4. The van der Waals surface area contributed by atoms with Crippen molar-refractivity contribution < 1.29 is 14.3 Å². The molecule has 0 bridgehead atoms. The molecule has 3 N–H and O–H groups in total. The molecule has 218 valence electrons. The molecule has 6 rings (SSSR count). The number of pyridine rings is 1. The summed E-state index contributed by atoms with van der Waals surface area (Å²) in [5, 5.41) is 5.29. The zero-order chi connectivity index (χ0) is 29.8. The molecule has 42 heavy (non-hydrogen) atoms. The molecule has 1 aliphatic rings. The Labute approximate surface area is 244 Å². The van der Waals surface area contributed by atoms with Gasteiger partial charge >= 0.3 is 5.97 Å². The predicted molar refractivity (Wildman–Crippen MR) is 162 cm³/mol. The zero-order valence-electron chi connectivity index (χ0n) is 24.6. The number of nitrogen functional groups attached to an aromatic ring is 1. The summed E-state index contributed by atoms with van der Waals surface area (Å²) in [4.78, 5) is 34.4. The highest BCUT2D eigenvalue weighted by Crippen LogP contribution is 2.39. The summed E-state index contributed by atoms with van der Waals surface area (Å²) < 4.78 is 13.0. The summed E-state index contributed by atoms with van der Waals surface area (Å²) in [5.74, 6) is 1.68. The average Bonchev–Trinajstić information content (AvgIpc) is 3.77. The van der Waals surface area contributed by atoms with Crippen molar-refractivity contribution >= 4 is 34.2 Å². The van der Waals surface area contributed by atoms with Crippen LogP contribution < -0.4 is 15.8 Å². The minimum Gasteiger partial charge on any atom is -0.471 e. The lowest BCUT2D eigenvalue weighted by atomic mass is 9.96. The van der Waals surface area contributed by atoms with E-state index in [0.29, 0.717) is 35.6 Å². The van der Waals surface area contributed by atoms with Crippen LogP contribution in [-0.2, 0) is 17.9 Å². The van der Waals surface area contributed by atoms with Gasteiger partial charge in [-0.25, -0.2) is 24.7 Å². The lowest BCUT2D eigenvalue weighted by Gasteiger charge is -2.16. The Morgan fingerprint density at radius 2 is 1.90 bits per heavy atom. The van der Waals surface area contributed by atoms with Crippen LogP contribution in [0.15, 0.2) is 43.0 Å². The number of nitrogens with one attached hydrogen (secondary N) is 1. The lowest BCUT2D eigenvalue weighted by molar-refractivity contribution is 0.0510. The van der Waals surface area contributed by atoms with Crippen molar-refractivity contribution in [2.24, 2.45) is 0 Å². The highest BCUT2D eigenvalue weighted by atomic mass is 16.5. The van der Waals surface area contributed by atoms with Gasteiger partial charge in [-0.15, -0.1) is 0 Å². The third-order valence-corrected chi connectivity index (χ3v) is 7.12. The number of aromatic nitrogens is 6. The van der Waals surface area contributed by atoms with E-state index in [-0.39, 0.29) is 24.9 Å². The van der Waals surface area contributed by atoms with Gasteiger partial charge < -0.3 is 20.5 Å². The van der Waals surface area contributed by atoms with E-state index in [9.17, 15) is 4.79 Å². The van der Waals surface area contributed by atoms with Gasteiger partial charge in [0.1, 0.15) is 18.2 Å². The maximum atomic E-state index is 12.5. The van der Waals surface area contributed by atoms with Crippen LogP contribution in [0.5, 0.6) is 5.88 Å². The monoisotopic (exact) mass is 568 g/mol. The molecule has 11 heteroatoms. The summed E-state index contributed by atoms with van der Waals surface area (Å²) in [5.41, 5.74) is 11.3. The number of rotatable bonds is 9. The molecule has 0 radical (unpaired) electrons. The number of esters is 1. The van der Waals surface area contributed by atoms with Crippen molar-refractivity contribution in [1.29, 1.82) is 0 Å². The van der Waals surface area contributed by atoms with Crippen molar-refractivity contribution in [3.05, 3.63) is 76.8 Å². The SMILES string of the molecule is CC.CCOC(=O)c1nc(NCc2c(C)cc3c(N)nccc3c2C)cc(OCc2cn3cc(C4CC4)cnc3n2)n1. The van der Waals surface area contributed by atoms with E-state index in [2.05, 4.69) is 43.4 Å². The standard InChI is InChI=1S/C29H30N8O3.C2H6/c1-4-39-28(38)27-35-24(32-12-23-16(2)9-22-21(17(23)3)7-8-31-26(22)30)10-25(36-27)40-15-20-14-37-13-19(18-5-6-18)11-33-29(37)34-20;1-2/h7-11,13-14,18H,4-6,12,15H2,1-3H3,(H2,30,31)(H,32,35,36);1-2H3. The van der Waals surface area contributed by atoms with Crippen LogP contribution in [-0.4, -0.2) is 41.9 Å².